The molecular weight excluding hydrogens is 158 g/mol. The summed E-state index contributed by atoms with van der Waals surface area (Å²) in [6.07, 6.45) is 8.00. The zero-order chi connectivity index (χ0) is 10.1. The van der Waals surface area contributed by atoms with Crippen molar-refractivity contribution in [3.05, 3.63) is 11.8 Å². The van der Waals surface area contributed by atoms with Gasteiger partial charge >= 0.3 is 0 Å². The Hall–Kier alpha value is -0.590. The lowest BCUT2D eigenvalue weighted by atomic mass is 10.1. The highest BCUT2D eigenvalue weighted by Crippen LogP contribution is 2.11. The molecule has 0 unspecified atom stereocenters. The largest absolute Gasteiger partial charge is 0.266 e. The lowest BCUT2D eigenvalue weighted by molar-refractivity contribution is 0.799. The normalized spacial score (nSPS) is 11.5. The molecule has 0 aromatic carbocycles. The molecule has 0 radical (unpaired) electrons. The number of rotatable bonds is 6. The summed E-state index contributed by atoms with van der Waals surface area (Å²) < 4.78 is 0. The lowest BCUT2D eigenvalue weighted by Gasteiger charge is -2.02. The van der Waals surface area contributed by atoms with Gasteiger partial charge in [0.2, 0.25) is 0 Å². The van der Waals surface area contributed by atoms with E-state index in [1.54, 1.807) is 0 Å². The fourth-order valence-electron chi connectivity index (χ4n) is 1.19. The van der Waals surface area contributed by atoms with Crippen molar-refractivity contribution in [2.24, 2.45) is 4.99 Å². The van der Waals surface area contributed by atoms with Crippen LogP contribution in [0.15, 0.2) is 16.8 Å². The van der Waals surface area contributed by atoms with Crippen LogP contribution >= 0.6 is 0 Å². The highest BCUT2D eigenvalue weighted by molar-refractivity contribution is 5.82. The molecule has 13 heavy (non-hydrogen) atoms. The molecule has 0 aliphatic heterocycles. The zero-order valence-electron chi connectivity index (χ0n) is 9.56. The molecular formula is C12H23N. The van der Waals surface area contributed by atoms with Crippen LogP contribution in [0.4, 0.5) is 0 Å². The van der Waals surface area contributed by atoms with Crippen molar-refractivity contribution in [1.29, 1.82) is 0 Å². The Labute approximate surface area is 83.0 Å². The maximum atomic E-state index is 4.43. The van der Waals surface area contributed by atoms with Crippen molar-refractivity contribution in [2.75, 3.05) is 0 Å². The molecule has 0 amide bonds. The average Bonchev–Trinajstić information content (AvgIpc) is 2.14. The van der Waals surface area contributed by atoms with Gasteiger partial charge < -0.3 is 0 Å². The summed E-state index contributed by atoms with van der Waals surface area (Å²) in [7, 11) is 0. The molecule has 0 spiro atoms. The van der Waals surface area contributed by atoms with Crippen LogP contribution in [0.25, 0.3) is 0 Å². The fourth-order valence-corrected chi connectivity index (χ4v) is 1.19. The predicted octanol–water partition coefficient (Wildman–Crippen LogP) is 4.34. The molecule has 0 saturated heterocycles. The molecule has 1 heteroatoms. The average molecular weight is 181 g/mol. The Morgan fingerprint density at radius 1 is 1.08 bits per heavy atom. The molecule has 0 rings (SSSR count). The first kappa shape index (κ1) is 12.4. The molecule has 76 valence electrons. The van der Waals surface area contributed by atoms with Gasteiger partial charge in [0.05, 0.1) is 0 Å². The Bertz CT molecular complexity index is 170. The quantitative estimate of drug-likeness (QED) is 0.540. The third kappa shape index (κ3) is 6.56. The van der Waals surface area contributed by atoms with Gasteiger partial charge in [-0.1, -0.05) is 39.2 Å². The first-order valence-corrected chi connectivity index (χ1v) is 5.45. The summed E-state index contributed by atoms with van der Waals surface area (Å²) in [5.74, 6) is 0. The van der Waals surface area contributed by atoms with Crippen molar-refractivity contribution in [3.8, 4) is 0 Å². The molecule has 0 bridgehead atoms. The first-order valence-electron chi connectivity index (χ1n) is 5.45. The van der Waals surface area contributed by atoms with Crippen LogP contribution in [0.1, 0.15) is 59.8 Å². The van der Waals surface area contributed by atoms with Gasteiger partial charge in [-0.3, -0.25) is 4.99 Å². The number of aliphatic imine (C=N–C) groups is 1. The second-order valence-corrected chi connectivity index (χ2v) is 3.51. The highest BCUT2D eigenvalue weighted by atomic mass is 14.7. The maximum Gasteiger partial charge on any atom is 0.0259 e. The summed E-state index contributed by atoms with van der Waals surface area (Å²) in [5, 5.41) is 0. The van der Waals surface area contributed by atoms with E-state index < -0.39 is 0 Å². The van der Waals surface area contributed by atoms with Crippen molar-refractivity contribution < 1.29 is 0 Å². The molecule has 1 nitrogen and oxygen atoms in total. The molecule has 0 aromatic heterocycles. The predicted molar refractivity (Wildman–Crippen MR) is 61.3 cm³/mol. The summed E-state index contributed by atoms with van der Waals surface area (Å²) in [6, 6.07) is 0. The number of nitrogens with zero attached hydrogens (tertiary/aromatic N) is 1. The lowest BCUT2D eigenvalue weighted by Crippen LogP contribution is -1.87. The van der Waals surface area contributed by atoms with E-state index in [1.807, 2.05) is 0 Å². The zero-order valence-corrected chi connectivity index (χ0v) is 9.56. The molecule has 0 atom stereocenters. The number of hydrogen-bond acceptors (Lipinski definition) is 1. The Morgan fingerprint density at radius 3 is 2.00 bits per heavy atom. The van der Waals surface area contributed by atoms with Gasteiger partial charge in [0.1, 0.15) is 0 Å². The molecule has 0 N–H and O–H groups in total. The SMILES string of the molecule is CCCC(=C/N=C(\C)CC)CCC. The molecule has 0 heterocycles. The second kappa shape index (κ2) is 8.03. The van der Waals surface area contributed by atoms with E-state index in [9.17, 15) is 0 Å². The minimum absolute atomic E-state index is 1.06. The van der Waals surface area contributed by atoms with Crippen molar-refractivity contribution >= 4 is 5.71 Å². The Balaban J connectivity index is 4.16. The van der Waals surface area contributed by atoms with Crippen LogP contribution < -0.4 is 0 Å². The fraction of sp³-hybridized carbons (Fsp3) is 0.750. The number of hydrogen-bond donors (Lipinski definition) is 0. The Morgan fingerprint density at radius 2 is 1.62 bits per heavy atom. The van der Waals surface area contributed by atoms with E-state index in [1.165, 1.54) is 37.0 Å². The summed E-state index contributed by atoms with van der Waals surface area (Å²) in [6.45, 7) is 8.68. The smallest absolute Gasteiger partial charge is 0.0259 e. The monoisotopic (exact) mass is 181 g/mol. The van der Waals surface area contributed by atoms with Gasteiger partial charge in [0.15, 0.2) is 0 Å². The summed E-state index contributed by atoms with van der Waals surface area (Å²) >= 11 is 0. The maximum absolute atomic E-state index is 4.43. The van der Waals surface area contributed by atoms with Crippen LogP contribution in [0.2, 0.25) is 0 Å². The van der Waals surface area contributed by atoms with Crippen LogP contribution in [0.5, 0.6) is 0 Å². The van der Waals surface area contributed by atoms with Gasteiger partial charge in [-0.2, -0.15) is 0 Å². The van der Waals surface area contributed by atoms with E-state index >= 15 is 0 Å². The summed E-state index contributed by atoms with van der Waals surface area (Å²) in [5.41, 5.74) is 2.72. The first-order chi connectivity index (χ1) is 6.24. The van der Waals surface area contributed by atoms with Crippen molar-refractivity contribution in [3.63, 3.8) is 0 Å². The van der Waals surface area contributed by atoms with Gasteiger partial charge in [0.25, 0.3) is 0 Å². The topological polar surface area (TPSA) is 12.4 Å². The number of allylic oxidation sites excluding steroid dienone is 1. The van der Waals surface area contributed by atoms with E-state index in [0.717, 1.165) is 6.42 Å². The third-order valence-corrected chi connectivity index (χ3v) is 2.12. The summed E-state index contributed by atoms with van der Waals surface area (Å²) in [4.78, 5) is 4.43. The van der Waals surface area contributed by atoms with E-state index in [4.69, 9.17) is 0 Å². The molecule has 0 aliphatic carbocycles. The molecule has 0 aliphatic rings. The van der Waals surface area contributed by atoms with Crippen molar-refractivity contribution in [2.45, 2.75) is 59.8 Å². The van der Waals surface area contributed by atoms with E-state index in [2.05, 4.69) is 38.9 Å². The van der Waals surface area contributed by atoms with Crippen LogP contribution in [-0.2, 0) is 0 Å². The van der Waals surface area contributed by atoms with Crippen LogP contribution in [-0.4, -0.2) is 5.71 Å². The Kier molecular flexibility index (Phi) is 7.66. The molecule has 0 aromatic rings. The van der Waals surface area contributed by atoms with Crippen LogP contribution in [0, 0.1) is 0 Å². The van der Waals surface area contributed by atoms with Gasteiger partial charge in [-0.15, -0.1) is 0 Å². The van der Waals surface area contributed by atoms with Gasteiger partial charge in [-0.25, -0.2) is 0 Å². The second-order valence-electron chi connectivity index (χ2n) is 3.51. The molecule has 0 fully saturated rings. The van der Waals surface area contributed by atoms with Crippen LogP contribution in [0.3, 0.4) is 0 Å². The minimum Gasteiger partial charge on any atom is -0.266 e. The standard InChI is InChI=1S/C12H23N/c1-5-8-12(9-6-2)10-13-11(4)7-3/h10H,5-9H2,1-4H3/b13-11+. The minimum atomic E-state index is 1.06. The van der Waals surface area contributed by atoms with Gasteiger partial charge in [0, 0.05) is 11.9 Å². The highest BCUT2D eigenvalue weighted by Gasteiger charge is 1.93. The van der Waals surface area contributed by atoms with Crippen molar-refractivity contribution in [1.82, 2.24) is 0 Å². The molecule has 0 saturated carbocycles. The van der Waals surface area contributed by atoms with E-state index in [-0.39, 0.29) is 0 Å². The van der Waals surface area contributed by atoms with Gasteiger partial charge in [-0.05, 0) is 26.2 Å². The third-order valence-electron chi connectivity index (χ3n) is 2.12. The van der Waals surface area contributed by atoms with E-state index in [0.29, 0.717) is 0 Å².